The second-order valence-electron chi connectivity index (χ2n) is 6.25. The Bertz CT molecular complexity index is 864. The highest BCUT2D eigenvalue weighted by molar-refractivity contribution is 5.99. The zero-order chi connectivity index (χ0) is 17.2. The molecule has 2 aromatic carbocycles. The van der Waals surface area contributed by atoms with Gasteiger partial charge in [-0.1, -0.05) is 18.2 Å². The molecule has 0 atom stereocenters. The third-order valence-corrected chi connectivity index (χ3v) is 4.58. The minimum Gasteiger partial charge on any atom is -0.497 e. The summed E-state index contributed by atoms with van der Waals surface area (Å²) >= 11 is 0. The smallest absolute Gasteiger partial charge is 0.250 e. The Hall–Kier alpha value is -2.50. The SMILES string of the molecule is COc1ccc2c(c1)C=C(C(=O)NCc1ccc3c(c1)CNC3)CO2.Cl. The zero-order valence-corrected chi connectivity index (χ0v) is 15.3. The Morgan fingerprint density at radius 2 is 2.04 bits per heavy atom. The number of ether oxygens (including phenoxy) is 2. The van der Waals surface area contributed by atoms with Crippen molar-refractivity contribution in [2.75, 3.05) is 13.7 Å². The van der Waals surface area contributed by atoms with Gasteiger partial charge in [0.1, 0.15) is 18.1 Å². The Morgan fingerprint density at radius 1 is 1.19 bits per heavy atom. The van der Waals surface area contributed by atoms with Crippen LogP contribution in [0.1, 0.15) is 22.3 Å². The van der Waals surface area contributed by atoms with Crippen LogP contribution in [0.15, 0.2) is 42.0 Å². The predicted molar refractivity (Wildman–Crippen MR) is 103 cm³/mol. The standard InChI is InChI=1S/C20H20N2O3.ClH/c1-24-18-4-5-19-15(8-18)7-17(12-25-19)20(23)22-9-13-2-3-14-10-21-11-16(14)6-13;/h2-8,21H,9-12H2,1H3,(H,22,23);1H. The fourth-order valence-corrected chi connectivity index (χ4v) is 3.17. The summed E-state index contributed by atoms with van der Waals surface area (Å²) in [7, 11) is 1.62. The van der Waals surface area contributed by atoms with E-state index in [1.807, 2.05) is 24.3 Å². The Morgan fingerprint density at radius 3 is 2.88 bits per heavy atom. The number of methoxy groups -OCH3 is 1. The first-order valence-corrected chi connectivity index (χ1v) is 8.34. The van der Waals surface area contributed by atoms with E-state index in [1.165, 1.54) is 11.1 Å². The largest absolute Gasteiger partial charge is 0.497 e. The summed E-state index contributed by atoms with van der Waals surface area (Å²) in [6.45, 7) is 2.61. The Balaban J connectivity index is 0.00000196. The van der Waals surface area contributed by atoms with Gasteiger partial charge >= 0.3 is 0 Å². The van der Waals surface area contributed by atoms with Crippen LogP contribution in [0.3, 0.4) is 0 Å². The van der Waals surface area contributed by atoms with Crippen molar-refractivity contribution in [1.29, 1.82) is 0 Å². The van der Waals surface area contributed by atoms with Gasteiger partial charge in [-0.05, 0) is 41.0 Å². The molecule has 0 saturated carbocycles. The van der Waals surface area contributed by atoms with E-state index in [9.17, 15) is 4.79 Å². The number of carbonyl (C=O) groups excluding carboxylic acids is 1. The zero-order valence-electron chi connectivity index (χ0n) is 14.5. The fraction of sp³-hybridized carbons (Fsp3) is 0.250. The molecule has 0 unspecified atom stereocenters. The van der Waals surface area contributed by atoms with Gasteiger partial charge in [-0.3, -0.25) is 4.79 Å². The monoisotopic (exact) mass is 372 g/mol. The highest BCUT2D eigenvalue weighted by Crippen LogP contribution is 2.30. The van der Waals surface area contributed by atoms with E-state index in [1.54, 1.807) is 7.11 Å². The van der Waals surface area contributed by atoms with Crippen molar-refractivity contribution in [3.63, 3.8) is 0 Å². The molecular weight excluding hydrogens is 352 g/mol. The first-order valence-electron chi connectivity index (χ1n) is 8.34. The normalized spacial score (nSPS) is 14.3. The lowest BCUT2D eigenvalue weighted by molar-refractivity contribution is -0.117. The van der Waals surface area contributed by atoms with Crippen molar-refractivity contribution in [3.8, 4) is 11.5 Å². The molecule has 2 N–H and O–H groups in total. The van der Waals surface area contributed by atoms with Crippen molar-refractivity contribution in [1.82, 2.24) is 10.6 Å². The van der Waals surface area contributed by atoms with E-state index >= 15 is 0 Å². The highest BCUT2D eigenvalue weighted by atomic mass is 35.5. The third-order valence-electron chi connectivity index (χ3n) is 4.58. The van der Waals surface area contributed by atoms with Gasteiger partial charge in [0.15, 0.2) is 0 Å². The maximum Gasteiger partial charge on any atom is 0.250 e. The van der Waals surface area contributed by atoms with Gasteiger partial charge in [0.25, 0.3) is 5.91 Å². The van der Waals surface area contributed by atoms with E-state index < -0.39 is 0 Å². The first-order chi connectivity index (χ1) is 12.2. The summed E-state index contributed by atoms with van der Waals surface area (Å²) in [4.78, 5) is 12.5. The van der Waals surface area contributed by atoms with Gasteiger partial charge in [-0.25, -0.2) is 0 Å². The van der Waals surface area contributed by atoms with E-state index in [0.717, 1.165) is 35.7 Å². The fourth-order valence-electron chi connectivity index (χ4n) is 3.17. The van der Waals surface area contributed by atoms with Gasteiger partial charge in [0.2, 0.25) is 0 Å². The van der Waals surface area contributed by atoms with Crippen molar-refractivity contribution < 1.29 is 14.3 Å². The highest BCUT2D eigenvalue weighted by Gasteiger charge is 2.18. The van der Waals surface area contributed by atoms with Gasteiger partial charge in [0.05, 0.1) is 12.7 Å². The average molecular weight is 373 g/mol. The number of hydrogen-bond donors (Lipinski definition) is 2. The van der Waals surface area contributed by atoms with Crippen LogP contribution in [0, 0.1) is 0 Å². The van der Waals surface area contributed by atoms with E-state index in [2.05, 4.69) is 28.8 Å². The molecule has 2 aliphatic heterocycles. The Labute approximate surface area is 158 Å². The molecule has 136 valence electrons. The minimum atomic E-state index is -0.105. The van der Waals surface area contributed by atoms with Crippen LogP contribution in [-0.2, 0) is 24.4 Å². The maximum absolute atomic E-state index is 12.5. The lowest BCUT2D eigenvalue weighted by atomic mass is 10.1. The summed E-state index contributed by atoms with van der Waals surface area (Å²) in [5.41, 5.74) is 5.23. The summed E-state index contributed by atoms with van der Waals surface area (Å²) in [5, 5.41) is 6.31. The van der Waals surface area contributed by atoms with Gasteiger partial charge in [-0.15, -0.1) is 12.4 Å². The number of nitrogens with one attached hydrogen (secondary N) is 2. The lowest BCUT2D eigenvalue weighted by Crippen LogP contribution is -2.28. The molecule has 0 saturated heterocycles. The topological polar surface area (TPSA) is 59.6 Å². The second kappa shape index (κ2) is 7.81. The molecule has 5 nitrogen and oxygen atoms in total. The number of fused-ring (bicyclic) bond motifs is 2. The van der Waals surface area contributed by atoms with Crippen molar-refractivity contribution in [2.24, 2.45) is 0 Å². The minimum absolute atomic E-state index is 0. The molecule has 1 amide bonds. The summed E-state index contributed by atoms with van der Waals surface area (Å²) in [6, 6.07) is 11.9. The van der Waals surface area contributed by atoms with Crippen molar-refractivity contribution in [3.05, 3.63) is 64.2 Å². The van der Waals surface area contributed by atoms with E-state index in [-0.39, 0.29) is 24.9 Å². The molecule has 6 heteroatoms. The lowest BCUT2D eigenvalue weighted by Gasteiger charge is -2.18. The summed E-state index contributed by atoms with van der Waals surface area (Å²) in [5.74, 6) is 1.41. The number of rotatable bonds is 4. The van der Waals surface area contributed by atoms with Crippen LogP contribution in [0.5, 0.6) is 11.5 Å². The molecule has 0 aromatic heterocycles. The average Bonchev–Trinajstić information content (AvgIpc) is 3.13. The van der Waals surface area contributed by atoms with Crippen LogP contribution in [-0.4, -0.2) is 19.6 Å². The van der Waals surface area contributed by atoms with Crippen molar-refractivity contribution in [2.45, 2.75) is 19.6 Å². The maximum atomic E-state index is 12.5. The number of amides is 1. The molecule has 0 radical (unpaired) electrons. The molecule has 2 aromatic rings. The van der Waals surface area contributed by atoms with Gasteiger partial charge in [-0.2, -0.15) is 0 Å². The van der Waals surface area contributed by atoms with E-state index in [4.69, 9.17) is 9.47 Å². The molecule has 4 rings (SSSR count). The predicted octanol–water partition coefficient (Wildman–Crippen LogP) is 2.81. The molecule has 0 spiro atoms. The van der Waals surface area contributed by atoms with Crippen LogP contribution in [0.25, 0.3) is 6.08 Å². The molecule has 26 heavy (non-hydrogen) atoms. The third kappa shape index (κ3) is 3.69. The second-order valence-corrected chi connectivity index (χ2v) is 6.25. The number of benzene rings is 2. The first kappa shape index (κ1) is 18.3. The van der Waals surface area contributed by atoms with Crippen LogP contribution < -0.4 is 20.1 Å². The molecule has 0 fully saturated rings. The molecule has 2 heterocycles. The Kier molecular flexibility index (Phi) is 5.49. The van der Waals surface area contributed by atoms with Crippen LogP contribution in [0.2, 0.25) is 0 Å². The molecule has 0 bridgehead atoms. The quantitative estimate of drug-likeness (QED) is 0.866. The number of halogens is 1. The molecule has 2 aliphatic rings. The van der Waals surface area contributed by atoms with Crippen LogP contribution >= 0.6 is 12.4 Å². The summed E-state index contributed by atoms with van der Waals surface area (Å²) < 4.78 is 10.9. The van der Waals surface area contributed by atoms with Gasteiger partial charge < -0.3 is 20.1 Å². The van der Waals surface area contributed by atoms with Gasteiger partial charge in [0, 0.05) is 25.2 Å². The summed E-state index contributed by atoms with van der Waals surface area (Å²) in [6.07, 6.45) is 1.86. The molecular formula is C20H21ClN2O3. The van der Waals surface area contributed by atoms with Crippen molar-refractivity contribution >= 4 is 24.4 Å². The van der Waals surface area contributed by atoms with Crippen LogP contribution in [0.4, 0.5) is 0 Å². The van der Waals surface area contributed by atoms with E-state index in [0.29, 0.717) is 12.1 Å². The molecule has 0 aliphatic carbocycles. The number of carbonyl (C=O) groups is 1. The number of hydrogen-bond acceptors (Lipinski definition) is 4.